The average Bonchev–Trinajstić information content (AvgIpc) is 2.15. The van der Waals surface area contributed by atoms with Crippen LogP contribution in [0.3, 0.4) is 0 Å². The van der Waals surface area contributed by atoms with E-state index in [9.17, 15) is 8.42 Å². The number of hydrogen-bond donors (Lipinski definition) is 1. The molecule has 0 aromatic heterocycles. The van der Waals surface area contributed by atoms with Gasteiger partial charge in [0.15, 0.2) is 0 Å². The van der Waals surface area contributed by atoms with Crippen LogP contribution in [-0.2, 0) is 10.0 Å². The van der Waals surface area contributed by atoms with Crippen molar-refractivity contribution in [3.8, 4) is 0 Å². The topological polar surface area (TPSA) is 46.2 Å². The molecule has 0 spiro atoms. The van der Waals surface area contributed by atoms with Gasteiger partial charge >= 0.3 is 0 Å². The molecule has 0 saturated heterocycles. The second-order valence-electron chi connectivity index (χ2n) is 3.81. The Morgan fingerprint density at radius 2 is 1.80 bits per heavy atom. The molecule has 0 bridgehead atoms. The summed E-state index contributed by atoms with van der Waals surface area (Å²) in [7, 11) is -3.17. The number of anilines is 1. The largest absolute Gasteiger partial charge is 0.284 e. The van der Waals surface area contributed by atoms with Gasteiger partial charge in [0.2, 0.25) is 10.0 Å². The molecule has 0 aliphatic heterocycles. The van der Waals surface area contributed by atoms with Gasteiger partial charge in [-0.25, -0.2) is 8.42 Å². The molecule has 4 heteroatoms. The van der Waals surface area contributed by atoms with Gasteiger partial charge in [0.05, 0.1) is 6.26 Å². The van der Waals surface area contributed by atoms with Gasteiger partial charge in [-0.3, -0.25) is 4.72 Å². The Kier molecular flexibility index (Phi) is 3.74. The van der Waals surface area contributed by atoms with Gasteiger partial charge in [-0.2, -0.15) is 0 Å². The van der Waals surface area contributed by atoms with E-state index >= 15 is 0 Å². The first-order chi connectivity index (χ1) is 6.92. The molecule has 15 heavy (non-hydrogen) atoms. The van der Waals surface area contributed by atoms with E-state index in [1.807, 2.05) is 12.1 Å². The first kappa shape index (κ1) is 12.0. The fourth-order valence-corrected chi connectivity index (χ4v) is 1.89. The van der Waals surface area contributed by atoms with Crippen molar-refractivity contribution in [3.63, 3.8) is 0 Å². The van der Waals surface area contributed by atoms with Crippen LogP contribution >= 0.6 is 0 Å². The first-order valence-electron chi connectivity index (χ1n) is 5.00. The zero-order valence-electron chi connectivity index (χ0n) is 9.32. The minimum Gasteiger partial charge on any atom is -0.284 e. The van der Waals surface area contributed by atoms with Crippen molar-refractivity contribution in [2.75, 3.05) is 11.0 Å². The standard InChI is InChI=1S/C11H17NO2S/c1-4-9(2)10-5-7-11(8-6-10)12-15(3,13)14/h5-9,12H,4H2,1-3H3/t9-/m1/s1. The fourth-order valence-electron chi connectivity index (χ4n) is 1.33. The number of nitrogens with one attached hydrogen (secondary N) is 1. The Bertz CT molecular complexity index is 409. The average molecular weight is 227 g/mol. The van der Waals surface area contributed by atoms with E-state index in [0.717, 1.165) is 12.7 Å². The molecular formula is C11H17NO2S. The van der Waals surface area contributed by atoms with Crippen LogP contribution in [0.4, 0.5) is 5.69 Å². The van der Waals surface area contributed by atoms with Gasteiger partial charge in [0.1, 0.15) is 0 Å². The van der Waals surface area contributed by atoms with E-state index in [0.29, 0.717) is 11.6 Å². The molecule has 1 atom stereocenters. The Hall–Kier alpha value is -1.03. The van der Waals surface area contributed by atoms with Gasteiger partial charge < -0.3 is 0 Å². The molecule has 0 saturated carbocycles. The van der Waals surface area contributed by atoms with Crippen molar-refractivity contribution in [2.45, 2.75) is 26.2 Å². The van der Waals surface area contributed by atoms with E-state index in [4.69, 9.17) is 0 Å². The fraction of sp³-hybridized carbons (Fsp3) is 0.455. The molecule has 0 amide bonds. The van der Waals surface area contributed by atoms with E-state index in [1.165, 1.54) is 5.56 Å². The van der Waals surface area contributed by atoms with Gasteiger partial charge in [0.25, 0.3) is 0 Å². The van der Waals surface area contributed by atoms with Crippen molar-refractivity contribution in [2.24, 2.45) is 0 Å². The lowest BCUT2D eigenvalue weighted by molar-refractivity contribution is 0.607. The van der Waals surface area contributed by atoms with E-state index in [-0.39, 0.29) is 0 Å². The molecular weight excluding hydrogens is 210 g/mol. The molecule has 0 radical (unpaired) electrons. The molecule has 0 aliphatic rings. The lowest BCUT2D eigenvalue weighted by atomic mass is 9.99. The smallest absolute Gasteiger partial charge is 0.229 e. The molecule has 0 aliphatic carbocycles. The second-order valence-corrected chi connectivity index (χ2v) is 5.55. The van der Waals surface area contributed by atoms with Crippen molar-refractivity contribution in [1.82, 2.24) is 0 Å². The number of hydrogen-bond acceptors (Lipinski definition) is 2. The third kappa shape index (κ3) is 3.91. The van der Waals surface area contributed by atoms with E-state index in [1.54, 1.807) is 12.1 Å². The third-order valence-electron chi connectivity index (χ3n) is 2.40. The van der Waals surface area contributed by atoms with Gasteiger partial charge in [-0.15, -0.1) is 0 Å². The molecule has 1 N–H and O–H groups in total. The molecule has 1 rings (SSSR count). The summed E-state index contributed by atoms with van der Waals surface area (Å²) in [6.07, 6.45) is 2.23. The van der Waals surface area contributed by atoms with Crippen LogP contribution in [0.15, 0.2) is 24.3 Å². The maximum absolute atomic E-state index is 11.0. The lowest BCUT2D eigenvalue weighted by Gasteiger charge is -2.10. The highest BCUT2D eigenvalue weighted by Crippen LogP contribution is 2.20. The van der Waals surface area contributed by atoms with E-state index in [2.05, 4.69) is 18.6 Å². The molecule has 0 unspecified atom stereocenters. The molecule has 84 valence electrons. The minimum atomic E-state index is -3.17. The van der Waals surface area contributed by atoms with Crippen LogP contribution in [-0.4, -0.2) is 14.7 Å². The summed E-state index contributed by atoms with van der Waals surface area (Å²) in [6, 6.07) is 7.51. The zero-order valence-corrected chi connectivity index (χ0v) is 10.1. The van der Waals surface area contributed by atoms with Gasteiger partial charge in [-0.05, 0) is 30.0 Å². The quantitative estimate of drug-likeness (QED) is 0.859. The van der Waals surface area contributed by atoms with Crippen molar-refractivity contribution in [1.29, 1.82) is 0 Å². The van der Waals surface area contributed by atoms with Crippen LogP contribution in [0.2, 0.25) is 0 Å². The SMILES string of the molecule is CC[C@@H](C)c1ccc(NS(C)(=O)=O)cc1. The van der Waals surface area contributed by atoms with Crippen LogP contribution in [0.1, 0.15) is 31.7 Å². The van der Waals surface area contributed by atoms with E-state index < -0.39 is 10.0 Å². The molecule has 0 heterocycles. The second kappa shape index (κ2) is 4.66. The van der Waals surface area contributed by atoms with Crippen molar-refractivity contribution >= 4 is 15.7 Å². The van der Waals surface area contributed by atoms with Crippen molar-refractivity contribution < 1.29 is 8.42 Å². The summed E-state index contributed by atoms with van der Waals surface area (Å²) in [6.45, 7) is 4.28. The molecule has 1 aromatic carbocycles. The predicted molar refractivity (Wildman–Crippen MR) is 63.6 cm³/mol. The highest BCUT2D eigenvalue weighted by Gasteiger charge is 2.04. The van der Waals surface area contributed by atoms with Gasteiger partial charge in [0, 0.05) is 5.69 Å². The monoisotopic (exact) mass is 227 g/mol. The predicted octanol–water partition coefficient (Wildman–Crippen LogP) is 2.57. The Balaban J connectivity index is 2.81. The number of rotatable bonds is 4. The number of benzene rings is 1. The summed E-state index contributed by atoms with van der Waals surface area (Å²) >= 11 is 0. The summed E-state index contributed by atoms with van der Waals surface area (Å²) in [5.74, 6) is 0.511. The van der Waals surface area contributed by atoms with Crippen LogP contribution in [0, 0.1) is 0 Å². The van der Waals surface area contributed by atoms with Gasteiger partial charge in [-0.1, -0.05) is 26.0 Å². The Labute approximate surface area is 91.6 Å². The summed E-state index contributed by atoms with van der Waals surface area (Å²) in [5.41, 5.74) is 1.85. The summed E-state index contributed by atoms with van der Waals surface area (Å²) < 4.78 is 24.4. The third-order valence-corrected chi connectivity index (χ3v) is 3.00. The first-order valence-corrected chi connectivity index (χ1v) is 6.89. The van der Waals surface area contributed by atoms with Crippen LogP contribution in [0.5, 0.6) is 0 Å². The minimum absolute atomic E-state index is 0.511. The normalized spacial score (nSPS) is 13.5. The Morgan fingerprint density at radius 3 is 2.20 bits per heavy atom. The summed E-state index contributed by atoms with van der Waals surface area (Å²) in [4.78, 5) is 0. The van der Waals surface area contributed by atoms with Crippen LogP contribution < -0.4 is 4.72 Å². The highest BCUT2D eigenvalue weighted by atomic mass is 32.2. The zero-order chi connectivity index (χ0) is 11.5. The van der Waals surface area contributed by atoms with Crippen molar-refractivity contribution in [3.05, 3.63) is 29.8 Å². The highest BCUT2D eigenvalue weighted by molar-refractivity contribution is 7.92. The maximum Gasteiger partial charge on any atom is 0.229 e. The van der Waals surface area contributed by atoms with Crippen LogP contribution in [0.25, 0.3) is 0 Å². The summed E-state index contributed by atoms with van der Waals surface area (Å²) in [5, 5.41) is 0. The number of sulfonamides is 1. The Morgan fingerprint density at radius 1 is 1.27 bits per heavy atom. The molecule has 1 aromatic rings. The molecule has 3 nitrogen and oxygen atoms in total. The molecule has 0 fully saturated rings. The maximum atomic E-state index is 11.0. The lowest BCUT2D eigenvalue weighted by Crippen LogP contribution is -2.09.